The van der Waals surface area contributed by atoms with Crippen LogP contribution in [-0.4, -0.2) is 116 Å². The van der Waals surface area contributed by atoms with E-state index < -0.39 is 65.4 Å². The van der Waals surface area contributed by atoms with Gasteiger partial charge in [-0.05, 0) is 115 Å². The highest BCUT2D eigenvalue weighted by molar-refractivity contribution is 6.01. The van der Waals surface area contributed by atoms with Gasteiger partial charge in [-0.2, -0.15) is 0 Å². The van der Waals surface area contributed by atoms with Crippen molar-refractivity contribution in [3.05, 3.63) is 0 Å². The Kier molecular flexibility index (Phi) is 22.8. The van der Waals surface area contributed by atoms with Crippen molar-refractivity contribution in [3.63, 3.8) is 0 Å². The van der Waals surface area contributed by atoms with Crippen LogP contribution in [0, 0.1) is 0 Å². The molecule has 0 saturated carbocycles. The maximum absolute atomic E-state index is 12.7. The highest BCUT2D eigenvalue weighted by Gasteiger charge is 2.23. The smallest absolute Gasteiger partial charge is 0.414 e. The van der Waals surface area contributed by atoms with Crippen LogP contribution >= 0.6 is 0 Å². The minimum absolute atomic E-state index is 0.0807. The maximum Gasteiger partial charge on any atom is 0.414 e. The lowest BCUT2D eigenvalue weighted by Gasteiger charge is -2.27. The van der Waals surface area contributed by atoms with E-state index in [2.05, 4.69) is 31.6 Å². The summed E-state index contributed by atoms with van der Waals surface area (Å²) in [5, 5.41) is 12.9. The van der Waals surface area contributed by atoms with Crippen molar-refractivity contribution in [2.75, 3.05) is 45.9 Å². The normalized spacial score (nSPS) is 11.6. The molecule has 0 fully saturated rings. The number of carbonyl (C=O) groups excluding carboxylic acids is 6. The second-order valence-corrected chi connectivity index (χ2v) is 16.7. The molecular weight excluding hydrogens is 718 g/mol. The Bertz CT molecular complexity index is 1220. The number of hydrogen-bond acceptors (Lipinski definition) is 12. The lowest BCUT2D eigenvalue weighted by molar-refractivity contribution is -0.124. The topological polar surface area (TPSA) is 224 Å². The van der Waals surface area contributed by atoms with E-state index in [0.717, 1.165) is 12.8 Å². The molecule has 318 valence electrons. The molecule has 0 rings (SSSR count). The first-order chi connectivity index (χ1) is 25.2. The summed E-state index contributed by atoms with van der Waals surface area (Å²) in [6.07, 6.45) is 1.24. The fourth-order valence-electron chi connectivity index (χ4n) is 4.17. The maximum atomic E-state index is 12.7. The molecule has 0 aliphatic heterocycles. The molecule has 6 amide bonds. The van der Waals surface area contributed by atoms with E-state index in [9.17, 15) is 28.8 Å². The minimum atomic E-state index is -0.765. The SMILES string of the molecule is CC(C)(C)OC(=O)NCCCN(CCCCNC(=O)OCC(=O)NCCCCCCN=C(NC(=O)OC(C)(C)C)NC(=O)OC(C)(C)C)C(=O)OC(C)(C)C. The van der Waals surface area contributed by atoms with E-state index in [1.54, 1.807) is 88.0 Å². The molecule has 0 heterocycles. The van der Waals surface area contributed by atoms with E-state index in [0.29, 0.717) is 64.8 Å². The van der Waals surface area contributed by atoms with Gasteiger partial charge in [-0.1, -0.05) is 12.8 Å². The van der Waals surface area contributed by atoms with Crippen LogP contribution in [0.15, 0.2) is 4.99 Å². The number of amides is 6. The van der Waals surface area contributed by atoms with E-state index in [-0.39, 0.29) is 12.5 Å². The number of nitrogens with one attached hydrogen (secondary N) is 5. The monoisotopic (exact) mass is 788 g/mol. The van der Waals surface area contributed by atoms with Crippen molar-refractivity contribution >= 4 is 42.3 Å². The quantitative estimate of drug-likeness (QED) is 0.0488. The zero-order chi connectivity index (χ0) is 42.3. The summed E-state index contributed by atoms with van der Waals surface area (Å²) in [5.74, 6) is -0.511. The molecule has 55 heavy (non-hydrogen) atoms. The summed E-state index contributed by atoms with van der Waals surface area (Å²) < 4.78 is 26.2. The molecule has 0 aromatic carbocycles. The van der Waals surface area contributed by atoms with Crippen molar-refractivity contribution in [3.8, 4) is 0 Å². The van der Waals surface area contributed by atoms with Gasteiger partial charge in [0, 0.05) is 39.3 Å². The molecule has 0 aromatic rings. The largest absolute Gasteiger partial charge is 0.444 e. The molecule has 18 nitrogen and oxygen atoms in total. The molecule has 0 unspecified atom stereocenters. The van der Waals surface area contributed by atoms with Crippen molar-refractivity contribution in [1.29, 1.82) is 0 Å². The number of guanidine groups is 1. The molecule has 0 spiro atoms. The fourth-order valence-corrected chi connectivity index (χ4v) is 4.17. The first-order valence-electron chi connectivity index (χ1n) is 18.9. The van der Waals surface area contributed by atoms with E-state index in [1.807, 2.05) is 0 Å². The third-order valence-electron chi connectivity index (χ3n) is 6.30. The van der Waals surface area contributed by atoms with Gasteiger partial charge in [-0.25, -0.2) is 24.0 Å². The van der Waals surface area contributed by atoms with Gasteiger partial charge in [-0.15, -0.1) is 0 Å². The zero-order valence-electron chi connectivity index (χ0n) is 35.3. The predicted octanol–water partition coefficient (Wildman–Crippen LogP) is 5.73. The Labute approximate surface area is 327 Å². The van der Waals surface area contributed by atoms with E-state index in [4.69, 9.17) is 23.7 Å². The number of rotatable bonds is 18. The summed E-state index contributed by atoms with van der Waals surface area (Å²) in [4.78, 5) is 79.0. The summed E-state index contributed by atoms with van der Waals surface area (Å²) in [6, 6.07) is 0. The first-order valence-corrected chi connectivity index (χ1v) is 18.9. The molecule has 5 N–H and O–H groups in total. The Morgan fingerprint density at radius 1 is 0.491 bits per heavy atom. The number of carbonyl (C=O) groups is 6. The molecular formula is C37H69N7O11. The van der Waals surface area contributed by atoms with Gasteiger partial charge < -0.3 is 44.5 Å². The zero-order valence-corrected chi connectivity index (χ0v) is 35.3. The third-order valence-corrected chi connectivity index (χ3v) is 6.30. The van der Waals surface area contributed by atoms with Crippen LogP contribution in [0.25, 0.3) is 0 Å². The third kappa shape index (κ3) is 32.6. The molecule has 0 aliphatic rings. The standard InChI is InChI=1S/C37H69N7O11/c1-34(2,3)52-30(47)41-23-19-25-44(33(50)55-37(10,11)12)24-18-17-22-40-29(46)51-26-27(45)38-20-15-13-14-16-21-39-28(42-31(48)53-35(4,5)6)43-32(49)54-36(7,8)9/h13-26H2,1-12H3,(H,38,45)(H,40,46)(H,41,47)(H2,39,42,43,48,49). The van der Waals surface area contributed by atoms with Gasteiger partial charge in [0.2, 0.25) is 5.96 Å². The number of alkyl carbamates (subject to hydrolysis) is 4. The van der Waals surface area contributed by atoms with Gasteiger partial charge in [0.1, 0.15) is 22.4 Å². The van der Waals surface area contributed by atoms with Crippen LogP contribution in [0.5, 0.6) is 0 Å². The Balaban J connectivity index is 4.42. The Morgan fingerprint density at radius 2 is 0.927 bits per heavy atom. The van der Waals surface area contributed by atoms with Crippen molar-refractivity contribution in [2.45, 2.75) is 150 Å². The average molecular weight is 788 g/mol. The molecule has 0 radical (unpaired) electrons. The van der Waals surface area contributed by atoms with Crippen LogP contribution in [0.3, 0.4) is 0 Å². The molecule has 0 bridgehead atoms. The minimum Gasteiger partial charge on any atom is -0.444 e. The Morgan fingerprint density at radius 3 is 1.47 bits per heavy atom. The molecule has 0 aromatic heterocycles. The second kappa shape index (κ2) is 24.8. The van der Waals surface area contributed by atoms with Crippen LogP contribution in [0.2, 0.25) is 0 Å². The molecule has 18 heteroatoms. The lowest BCUT2D eigenvalue weighted by atomic mass is 10.2. The Hall–Kier alpha value is -4.51. The van der Waals surface area contributed by atoms with Crippen LogP contribution in [0.1, 0.15) is 128 Å². The molecule has 0 atom stereocenters. The average Bonchev–Trinajstić information content (AvgIpc) is 2.98. The summed E-state index contributed by atoms with van der Waals surface area (Å²) in [5.41, 5.74) is -2.75. The van der Waals surface area contributed by atoms with Crippen molar-refractivity contribution in [1.82, 2.24) is 31.5 Å². The lowest BCUT2D eigenvalue weighted by Crippen LogP contribution is -2.47. The number of hydrogen-bond donors (Lipinski definition) is 5. The van der Waals surface area contributed by atoms with Gasteiger partial charge >= 0.3 is 30.5 Å². The highest BCUT2D eigenvalue weighted by Crippen LogP contribution is 2.12. The number of unbranched alkanes of at least 4 members (excludes halogenated alkanes) is 4. The second-order valence-electron chi connectivity index (χ2n) is 16.7. The summed E-state index contributed by atoms with van der Waals surface area (Å²) >= 11 is 0. The van der Waals surface area contributed by atoms with E-state index >= 15 is 0 Å². The summed E-state index contributed by atoms with van der Waals surface area (Å²) in [6.45, 7) is 22.6. The van der Waals surface area contributed by atoms with Crippen molar-refractivity contribution in [2.24, 2.45) is 4.99 Å². The van der Waals surface area contributed by atoms with Crippen LogP contribution in [0.4, 0.5) is 24.0 Å². The highest BCUT2D eigenvalue weighted by atomic mass is 16.6. The number of ether oxygens (including phenoxy) is 5. The predicted molar refractivity (Wildman–Crippen MR) is 208 cm³/mol. The van der Waals surface area contributed by atoms with Gasteiger partial charge in [0.15, 0.2) is 6.61 Å². The van der Waals surface area contributed by atoms with Crippen LogP contribution < -0.4 is 26.6 Å². The van der Waals surface area contributed by atoms with Gasteiger partial charge in [-0.3, -0.25) is 20.4 Å². The first kappa shape index (κ1) is 50.5. The number of aliphatic imine (C=N–C) groups is 1. The van der Waals surface area contributed by atoms with Crippen LogP contribution in [-0.2, 0) is 28.5 Å². The van der Waals surface area contributed by atoms with Gasteiger partial charge in [0.05, 0.1) is 0 Å². The number of nitrogens with zero attached hydrogens (tertiary/aromatic N) is 2. The van der Waals surface area contributed by atoms with E-state index in [1.165, 1.54) is 0 Å². The van der Waals surface area contributed by atoms with Crippen molar-refractivity contribution < 1.29 is 52.5 Å². The molecule has 0 saturated heterocycles. The summed E-state index contributed by atoms with van der Waals surface area (Å²) in [7, 11) is 0. The van der Waals surface area contributed by atoms with Gasteiger partial charge in [0.25, 0.3) is 5.91 Å². The fraction of sp³-hybridized carbons (Fsp3) is 0.811. The molecule has 0 aliphatic carbocycles.